The lowest BCUT2D eigenvalue weighted by molar-refractivity contribution is -0.139. The van der Waals surface area contributed by atoms with Crippen LogP contribution in [-0.4, -0.2) is 34.5 Å². The highest BCUT2D eigenvalue weighted by Gasteiger charge is 2.12. The van der Waals surface area contributed by atoms with Crippen molar-refractivity contribution in [3.05, 3.63) is 30.4 Å². The maximum atomic E-state index is 11.6. The number of carbonyl (C=O) groups is 2. The summed E-state index contributed by atoms with van der Waals surface area (Å²) in [4.78, 5) is 27.2. The van der Waals surface area contributed by atoms with E-state index in [9.17, 15) is 9.59 Å². The molecule has 2 amide bonds. The molecule has 1 aromatic heterocycles. The summed E-state index contributed by atoms with van der Waals surface area (Å²) in [5.74, 6) is -1.10. The highest BCUT2D eigenvalue weighted by molar-refractivity contribution is 6.35. The van der Waals surface area contributed by atoms with Crippen molar-refractivity contribution in [3.63, 3.8) is 0 Å². The lowest BCUT2D eigenvalue weighted by Crippen LogP contribution is -2.40. The predicted octanol–water partition coefficient (Wildman–Crippen LogP) is 1.40. The number of aromatic nitrogens is 2. The Bertz CT molecular complexity index is 508. The summed E-state index contributed by atoms with van der Waals surface area (Å²) in [6.45, 7) is 1.79. The minimum atomic E-state index is -0.553. The third-order valence-electron chi connectivity index (χ3n) is 3.76. The smallest absolute Gasteiger partial charge is 0.309 e. The lowest BCUT2D eigenvalue weighted by Gasteiger charge is -2.12. The van der Waals surface area contributed by atoms with Crippen LogP contribution < -0.4 is 10.6 Å². The number of hydrogen-bond donors (Lipinski definition) is 2. The van der Waals surface area contributed by atoms with Crippen molar-refractivity contribution in [2.75, 3.05) is 13.1 Å². The Hall–Kier alpha value is -2.11. The second-order valence-corrected chi connectivity index (χ2v) is 5.52. The second kappa shape index (κ2) is 9.02. The molecule has 2 N–H and O–H groups in total. The quantitative estimate of drug-likeness (QED) is 0.454. The topological polar surface area (TPSA) is 76.0 Å². The Balaban J connectivity index is 1.54. The van der Waals surface area contributed by atoms with Gasteiger partial charge in [-0.05, 0) is 38.5 Å². The molecular weight excluding hydrogens is 280 g/mol. The van der Waals surface area contributed by atoms with Crippen LogP contribution in [0.3, 0.4) is 0 Å². The van der Waals surface area contributed by atoms with Gasteiger partial charge in [0.05, 0.1) is 6.33 Å². The average molecular weight is 304 g/mol. The number of amides is 2. The molecule has 6 heteroatoms. The first-order valence-corrected chi connectivity index (χ1v) is 7.95. The second-order valence-electron chi connectivity index (χ2n) is 5.52. The first-order valence-electron chi connectivity index (χ1n) is 7.95. The van der Waals surface area contributed by atoms with Crippen LogP contribution in [0.4, 0.5) is 0 Å². The average Bonchev–Trinajstić information content (AvgIpc) is 3.05. The van der Waals surface area contributed by atoms with Gasteiger partial charge in [-0.3, -0.25) is 9.59 Å². The van der Waals surface area contributed by atoms with E-state index in [-0.39, 0.29) is 0 Å². The van der Waals surface area contributed by atoms with Crippen molar-refractivity contribution in [2.45, 2.75) is 45.1 Å². The Kier molecular flexibility index (Phi) is 6.67. The minimum absolute atomic E-state index is 0.482. The van der Waals surface area contributed by atoms with Crippen LogP contribution in [-0.2, 0) is 16.1 Å². The predicted molar refractivity (Wildman–Crippen MR) is 84.0 cm³/mol. The molecule has 1 aliphatic rings. The van der Waals surface area contributed by atoms with Gasteiger partial charge in [-0.1, -0.05) is 11.6 Å². The van der Waals surface area contributed by atoms with Crippen LogP contribution in [0.2, 0.25) is 0 Å². The maximum absolute atomic E-state index is 11.6. The van der Waals surface area contributed by atoms with Gasteiger partial charge in [-0.25, -0.2) is 4.98 Å². The molecule has 1 heterocycles. The SMILES string of the molecule is O=C(NCCCn1ccnc1)C(=O)NCCC1=CCCCC1. The summed E-state index contributed by atoms with van der Waals surface area (Å²) >= 11 is 0. The van der Waals surface area contributed by atoms with Crippen LogP contribution in [0.5, 0.6) is 0 Å². The Morgan fingerprint density at radius 1 is 1.18 bits per heavy atom. The van der Waals surface area contributed by atoms with Gasteiger partial charge in [0.2, 0.25) is 0 Å². The Labute approximate surface area is 131 Å². The summed E-state index contributed by atoms with van der Waals surface area (Å²) in [6.07, 6.45) is 13.9. The van der Waals surface area contributed by atoms with Crippen LogP contribution in [0, 0.1) is 0 Å². The molecule has 22 heavy (non-hydrogen) atoms. The minimum Gasteiger partial charge on any atom is -0.348 e. The van der Waals surface area contributed by atoms with E-state index in [1.807, 2.05) is 10.8 Å². The van der Waals surface area contributed by atoms with E-state index < -0.39 is 11.8 Å². The summed E-state index contributed by atoms with van der Waals surface area (Å²) in [6, 6.07) is 0. The summed E-state index contributed by atoms with van der Waals surface area (Å²) in [7, 11) is 0. The number of aryl methyl sites for hydroxylation is 1. The molecule has 0 spiro atoms. The monoisotopic (exact) mass is 304 g/mol. The van der Waals surface area contributed by atoms with Gasteiger partial charge in [0, 0.05) is 32.0 Å². The molecule has 0 atom stereocenters. The standard InChI is InChI=1S/C16H24N4O2/c21-15(18-8-4-11-20-12-10-17-13-20)16(22)19-9-7-14-5-2-1-3-6-14/h5,10,12-13H,1-4,6-9,11H2,(H,18,21)(H,19,22). The number of hydrogen-bond acceptors (Lipinski definition) is 3. The molecule has 6 nitrogen and oxygen atoms in total. The fraction of sp³-hybridized carbons (Fsp3) is 0.562. The van der Waals surface area contributed by atoms with E-state index in [2.05, 4.69) is 21.7 Å². The van der Waals surface area contributed by atoms with E-state index in [1.54, 1.807) is 12.5 Å². The normalized spacial score (nSPS) is 14.3. The van der Waals surface area contributed by atoms with Crippen molar-refractivity contribution < 1.29 is 9.59 Å². The van der Waals surface area contributed by atoms with Crippen LogP contribution >= 0.6 is 0 Å². The molecule has 0 saturated heterocycles. The van der Waals surface area contributed by atoms with Crippen molar-refractivity contribution >= 4 is 11.8 Å². The van der Waals surface area contributed by atoms with E-state index in [0.29, 0.717) is 13.1 Å². The van der Waals surface area contributed by atoms with Crippen LogP contribution in [0.15, 0.2) is 30.4 Å². The van der Waals surface area contributed by atoms with Crippen LogP contribution in [0.1, 0.15) is 38.5 Å². The van der Waals surface area contributed by atoms with Crippen molar-refractivity contribution in [1.82, 2.24) is 20.2 Å². The van der Waals surface area contributed by atoms with E-state index >= 15 is 0 Å². The van der Waals surface area contributed by atoms with Crippen LogP contribution in [0.25, 0.3) is 0 Å². The van der Waals surface area contributed by atoms with Gasteiger partial charge in [0.25, 0.3) is 0 Å². The zero-order chi connectivity index (χ0) is 15.6. The van der Waals surface area contributed by atoms with E-state index in [0.717, 1.165) is 32.2 Å². The van der Waals surface area contributed by atoms with Gasteiger partial charge in [0.1, 0.15) is 0 Å². The molecule has 0 aromatic carbocycles. The zero-order valence-electron chi connectivity index (χ0n) is 12.9. The number of nitrogens with zero attached hydrogens (tertiary/aromatic N) is 2. The molecule has 0 fully saturated rings. The number of carbonyl (C=O) groups excluding carboxylic acids is 2. The van der Waals surface area contributed by atoms with Gasteiger partial charge in [0.15, 0.2) is 0 Å². The highest BCUT2D eigenvalue weighted by Crippen LogP contribution is 2.19. The molecule has 120 valence electrons. The van der Waals surface area contributed by atoms with Crippen molar-refractivity contribution in [2.24, 2.45) is 0 Å². The van der Waals surface area contributed by atoms with Crippen molar-refractivity contribution in [3.8, 4) is 0 Å². The maximum Gasteiger partial charge on any atom is 0.309 e. The highest BCUT2D eigenvalue weighted by atomic mass is 16.2. The van der Waals surface area contributed by atoms with E-state index in [4.69, 9.17) is 0 Å². The number of rotatable bonds is 7. The third-order valence-corrected chi connectivity index (χ3v) is 3.76. The Morgan fingerprint density at radius 2 is 2.00 bits per heavy atom. The fourth-order valence-corrected chi connectivity index (χ4v) is 2.51. The largest absolute Gasteiger partial charge is 0.348 e. The summed E-state index contributed by atoms with van der Waals surface area (Å²) < 4.78 is 1.93. The molecule has 1 aromatic rings. The molecule has 0 aliphatic heterocycles. The molecule has 0 bridgehead atoms. The zero-order valence-corrected chi connectivity index (χ0v) is 12.9. The first kappa shape index (κ1) is 16.3. The molecule has 0 radical (unpaired) electrons. The third kappa shape index (κ3) is 5.71. The number of nitrogens with one attached hydrogen (secondary N) is 2. The summed E-state index contributed by atoms with van der Waals surface area (Å²) in [5, 5.41) is 5.31. The van der Waals surface area contributed by atoms with E-state index in [1.165, 1.54) is 18.4 Å². The molecule has 1 aliphatic carbocycles. The van der Waals surface area contributed by atoms with Gasteiger partial charge in [-0.2, -0.15) is 0 Å². The summed E-state index contributed by atoms with van der Waals surface area (Å²) in [5.41, 5.74) is 1.40. The first-order chi connectivity index (χ1) is 10.8. The van der Waals surface area contributed by atoms with Gasteiger partial charge in [-0.15, -0.1) is 0 Å². The molecule has 0 unspecified atom stereocenters. The molecule has 2 rings (SSSR count). The van der Waals surface area contributed by atoms with Crippen molar-refractivity contribution in [1.29, 1.82) is 0 Å². The lowest BCUT2D eigenvalue weighted by atomic mass is 9.97. The fourth-order valence-electron chi connectivity index (χ4n) is 2.51. The number of allylic oxidation sites excluding steroid dienone is 1. The van der Waals surface area contributed by atoms with Gasteiger partial charge < -0.3 is 15.2 Å². The Morgan fingerprint density at radius 3 is 2.68 bits per heavy atom. The number of imidazole rings is 1. The molecular formula is C16H24N4O2. The molecule has 0 saturated carbocycles. The van der Waals surface area contributed by atoms with Gasteiger partial charge >= 0.3 is 11.8 Å².